The van der Waals surface area contributed by atoms with E-state index < -0.39 is 15.9 Å². The maximum atomic E-state index is 13.3. The standard InChI is InChI=1S/C24H25N3O4S/c1-19-7-6-10-21(15-19)16-25-26-24(28)18-27(17-20-8-4-3-5-9-20)32(29,30)23-13-11-22(31-2)12-14-23/h3-16H,17-18H2,1-2H3,(H,26,28)/b25-16-. The van der Waals surface area contributed by atoms with Crippen LogP contribution in [-0.2, 0) is 21.4 Å². The molecule has 0 unspecified atom stereocenters. The summed E-state index contributed by atoms with van der Waals surface area (Å²) in [5, 5.41) is 3.96. The number of hydrogen-bond acceptors (Lipinski definition) is 5. The number of carbonyl (C=O) groups is 1. The molecular formula is C24H25N3O4S. The molecule has 166 valence electrons. The molecule has 32 heavy (non-hydrogen) atoms. The first-order chi connectivity index (χ1) is 15.4. The lowest BCUT2D eigenvalue weighted by molar-refractivity contribution is -0.121. The van der Waals surface area contributed by atoms with Crippen LogP contribution >= 0.6 is 0 Å². The average Bonchev–Trinajstić information content (AvgIpc) is 2.79. The molecule has 3 rings (SSSR count). The number of benzene rings is 3. The molecule has 0 bridgehead atoms. The fourth-order valence-corrected chi connectivity index (χ4v) is 4.42. The van der Waals surface area contributed by atoms with Crippen molar-refractivity contribution in [1.29, 1.82) is 0 Å². The number of hydrazone groups is 1. The summed E-state index contributed by atoms with van der Waals surface area (Å²) in [6.07, 6.45) is 1.52. The fraction of sp³-hybridized carbons (Fsp3) is 0.167. The highest BCUT2D eigenvalue weighted by molar-refractivity contribution is 7.89. The minimum atomic E-state index is -3.94. The molecule has 0 aliphatic heterocycles. The number of nitrogens with zero attached hydrogens (tertiary/aromatic N) is 2. The van der Waals surface area contributed by atoms with Gasteiger partial charge < -0.3 is 4.74 Å². The van der Waals surface area contributed by atoms with Gasteiger partial charge in [-0.15, -0.1) is 0 Å². The van der Waals surface area contributed by atoms with Crippen LogP contribution in [0.5, 0.6) is 5.75 Å². The third kappa shape index (κ3) is 6.26. The number of aryl methyl sites for hydroxylation is 1. The van der Waals surface area contributed by atoms with Crippen LogP contribution in [0.3, 0.4) is 0 Å². The molecule has 0 saturated heterocycles. The number of ether oxygens (including phenoxy) is 1. The minimum absolute atomic E-state index is 0.0459. The Morgan fingerprint density at radius 2 is 1.75 bits per heavy atom. The van der Waals surface area contributed by atoms with E-state index in [2.05, 4.69) is 10.5 Å². The first kappa shape index (κ1) is 23.2. The third-order valence-corrected chi connectivity index (χ3v) is 6.47. The van der Waals surface area contributed by atoms with E-state index in [9.17, 15) is 13.2 Å². The van der Waals surface area contributed by atoms with Crippen molar-refractivity contribution in [2.45, 2.75) is 18.4 Å². The van der Waals surface area contributed by atoms with Crippen LogP contribution in [0.25, 0.3) is 0 Å². The summed E-state index contributed by atoms with van der Waals surface area (Å²) >= 11 is 0. The Hall–Kier alpha value is -3.49. The van der Waals surface area contributed by atoms with Crippen molar-refractivity contribution in [3.63, 3.8) is 0 Å². The fourth-order valence-electron chi connectivity index (χ4n) is 3.03. The van der Waals surface area contributed by atoms with Crippen molar-refractivity contribution in [2.75, 3.05) is 13.7 Å². The molecule has 0 saturated carbocycles. The first-order valence-electron chi connectivity index (χ1n) is 9.95. The normalized spacial score (nSPS) is 11.6. The van der Waals surface area contributed by atoms with Crippen molar-refractivity contribution in [1.82, 2.24) is 9.73 Å². The number of sulfonamides is 1. The average molecular weight is 452 g/mol. The zero-order chi connectivity index (χ0) is 23.0. The summed E-state index contributed by atoms with van der Waals surface area (Å²) in [5.74, 6) is 0.00343. The summed E-state index contributed by atoms with van der Waals surface area (Å²) in [5.41, 5.74) is 5.08. The van der Waals surface area contributed by atoms with E-state index >= 15 is 0 Å². The third-order valence-electron chi connectivity index (χ3n) is 4.66. The van der Waals surface area contributed by atoms with Gasteiger partial charge in [-0.05, 0) is 42.3 Å². The first-order valence-corrected chi connectivity index (χ1v) is 11.4. The Kier molecular flexibility index (Phi) is 7.75. The molecule has 0 aliphatic rings. The Morgan fingerprint density at radius 3 is 2.41 bits per heavy atom. The van der Waals surface area contributed by atoms with E-state index in [1.807, 2.05) is 61.5 Å². The van der Waals surface area contributed by atoms with E-state index in [-0.39, 0.29) is 18.0 Å². The molecule has 0 heterocycles. The van der Waals surface area contributed by atoms with Crippen LogP contribution in [0, 0.1) is 6.92 Å². The Balaban J connectivity index is 1.78. The van der Waals surface area contributed by atoms with E-state index in [1.54, 1.807) is 12.1 Å². The zero-order valence-corrected chi connectivity index (χ0v) is 18.7. The van der Waals surface area contributed by atoms with Gasteiger partial charge in [0.25, 0.3) is 5.91 Å². The quantitative estimate of drug-likeness (QED) is 0.399. The van der Waals surface area contributed by atoms with E-state index in [1.165, 1.54) is 25.5 Å². The van der Waals surface area contributed by atoms with E-state index in [0.29, 0.717) is 5.75 Å². The number of amides is 1. The van der Waals surface area contributed by atoms with Crippen molar-refractivity contribution >= 4 is 22.1 Å². The van der Waals surface area contributed by atoms with Crippen LogP contribution < -0.4 is 10.2 Å². The molecule has 3 aromatic rings. The lowest BCUT2D eigenvalue weighted by Gasteiger charge is -2.21. The highest BCUT2D eigenvalue weighted by Gasteiger charge is 2.27. The lowest BCUT2D eigenvalue weighted by Crippen LogP contribution is -2.39. The maximum absolute atomic E-state index is 13.3. The van der Waals surface area contributed by atoms with Crippen LogP contribution in [0.1, 0.15) is 16.7 Å². The van der Waals surface area contributed by atoms with E-state index in [4.69, 9.17) is 4.74 Å². The van der Waals surface area contributed by atoms with Crippen molar-refractivity contribution < 1.29 is 17.9 Å². The Bertz CT molecular complexity index is 1180. The number of methoxy groups -OCH3 is 1. The topological polar surface area (TPSA) is 88.1 Å². The molecule has 7 nitrogen and oxygen atoms in total. The van der Waals surface area contributed by atoms with Crippen LogP contribution in [0.15, 0.2) is 88.9 Å². The van der Waals surface area contributed by atoms with E-state index in [0.717, 1.165) is 21.0 Å². The summed E-state index contributed by atoms with van der Waals surface area (Å²) in [6.45, 7) is 1.63. The maximum Gasteiger partial charge on any atom is 0.255 e. The molecule has 0 radical (unpaired) electrons. The summed E-state index contributed by atoms with van der Waals surface area (Å²) in [6, 6.07) is 22.8. The van der Waals surface area contributed by atoms with Gasteiger partial charge in [0, 0.05) is 6.54 Å². The van der Waals surface area contributed by atoms with Gasteiger partial charge in [0.15, 0.2) is 0 Å². The molecule has 8 heteroatoms. The molecule has 0 aromatic heterocycles. The number of rotatable bonds is 9. The molecule has 1 amide bonds. The van der Waals surface area contributed by atoms with Crippen molar-refractivity contribution in [3.8, 4) is 5.75 Å². The SMILES string of the molecule is COc1ccc(S(=O)(=O)N(CC(=O)N/N=C\c2cccc(C)c2)Cc2ccccc2)cc1. The van der Waals surface area contributed by atoms with Crippen LogP contribution in [0.4, 0.5) is 0 Å². The highest BCUT2D eigenvalue weighted by atomic mass is 32.2. The predicted molar refractivity (Wildman–Crippen MR) is 124 cm³/mol. The molecule has 0 spiro atoms. The van der Waals surface area contributed by atoms with Gasteiger partial charge in [0.1, 0.15) is 5.75 Å². The lowest BCUT2D eigenvalue weighted by atomic mass is 10.2. The predicted octanol–water partition coefficient (Wildman–Crippen LogP) is 3.34. The smallest absolute Gasteiger partial charge is 0.255 e. The molecular weight excluding hydrogens is 426 g/mol. The van der Waals surface area contributed by atoms with Crippen LogP contribution in [-0.4, -0.2) is 38.5 Å². The van der Waals surface area contributed by atoms with Gasteiger partial charge in [-0.2, -0.15) is 9.41 Å². The largest absolute Gasteiger partial charge is 0.497 e. The Morgan fingerprint density at radius 1 is 1.03 bits per heavy atom. The second kappa shape index (κ2) is 10.7. The molecule has 1 N–H and O–H groups in total. The molecule has 0 atom stereocenters. The van der Waals surface area contributed by atoms with Gasteiger partial charge in [0.2, 0.25) is 10.0 Å². The molecule has 0 aliphatic carbocycles. The second-order valence-corrected chi connectivity index (χ2v) is 9.08. The molecule has 0 fully saturated rings. The molecule has 3 aromatic carbocycles. The van der Waals surface area contributed by atoms with Crippen molar-refractivity contribution in [3.05, 3.63) is 95.6 Å². The van der Waals surface area contributed by atoms with Gasteiger partial charge in [0.05, 0.1) is 24.8 Å². The monoisotopic (exact) mass is 451 g/mol. The van der Waals surface area contributed by atoms with Crippen molar-refractivity contribution in [2.24, 2.45) is 5.10 Å². The zero-order valence-electron chi connectivity index (χ0n) is 17.9. The number of nitrogens with one attached hydrogen (secondary N) is 1. The number of hydrogen-bond donors (Lipinski definition) is 1. The minimum Gasteiger partial charge on any atom is -0.497 e. The summed E-state index contributed by atoms with van der Waals surface area (Å²) < 4.78 is 32.8. The van der Waals surface area contributed by atoms with Gasteiger partial charge in [-0.25, -0.2) is 13.8 Å². The number of carbonyl (C=O) groups excluding carboxylic acids is 1. The second-order valence-electron chi connectivity index (χ2n) is 7.14. The summed E-state index contributed by atoms with van der Waals surface area (Å²) in [7, 11) is -2.43. The summed E-state index contributed by atoms with van der Waals surface area (Å²) in [4.78, 5) is 12.6. The highest BCUT2D eigenvalue weighted by Crippen LogP contribution is 2.21. The van der Waals surface area contributed by atoms with Gasteiger partial charge in [-0.1, -0.05) is 60.2 Å². The van der Waals surface area contributed by atoms with Crippen LogP contribution in [0.2, 0.25) is 0 Å². The van der Waals surface area contributed by atoms with Gasteiger partial charge >= 0.3 is 0 Å². The Labute approximate surface area is 188 Å². The van der Waals surface area contributed by atoms with Gasteiger partial charge in [-0.3, -0.25) is 4.79 Å².